The second kappa shape index (κ2) is 6.33. The second-order valence-electron chi connectivity index (χ2n) is 4.53. The lowest BCUT2D eigenvalue weighted by molar-refractivity contribution is 0.554. The van der Waals surface area contributed by atoms with Gasteiger partial charge < -0.3 is 5.32 Å². The summed E-state index contributed by atoms with van der Waals surface area (Å²) >= 11 is 6.45. The highest BCUT2D eigenvalue weighted by Crippen LogP contribution is 2.32. The largest absolute Gasteiger partial charge is 0.309 e. The summed E-state index contributed by atoms with van der Waals surface area (Å²) in [5.74, 6) is -0.934. The Balaban J connectivity index is 2.58. The smallest absolute Gasteiger partial charge is 0.137 e. The summed E-state index contributed by atoms with van der Waals surface area (Å²) in [5, 5.41) is 3.04. The highest BCUT2D eigenvalue weighted by molar-refractivity contribution is 9.10. The molecule has 5 heteroatoms. The molecule has 0 aliphatic rings. The van der Waals surface area contributed by atoms with Crippen LogP contribution in [0.5, 0.6) is 0 Å². The molecule has 106 valence electrons. The topological polar surface area (TPSA) is 12.0 Å². The molecule has 0 heterocycles. The molecule has 0 spiro atoms. The molecule has 0 saturated heterocycles. The fourth-order valence-corrected chi connectivity index (χ4v) is 2.91. The summed E-state index contributed by atoms with van der Waals surface area (Å²) in [7, 11) is 1.72. The van der Waals surface area contributed by atoms with Gasteiger partial charge in [0.25, 0.3) is 0 Å². The molecule has 1 nitrogen and oxygen atoms in total. The van der Waals surface area contributed by atoms with Crippen LogP contribution >= 0.6 is 31.9 Å². The molecule has 0 fully saturated rings. The lowest BCUT2D eigenvalue weighted by Crippen LogP contribution is -2.20. The Bertz CT molecular complexity index is 644. The van der Waals surface area contributed by atoms with Crippen LogP contribution in [-0.4, -0.2) is 7.05 Å². The van der Waals surface area contributed by atoms with Gasteiger partial charge in [-0.05, 0) is 53.7 Å². The molecular formula is C15H13Br2F2N. The Labute approximate surface area is 133 Å². The molecule has 1 unspecified atom stereocenters. The van der Waals surface area contributed by atoms with Crippen LogP contribution in [0, 0.1) is 18.6 Å². The summed E-state index contributed by atoms with van der Waals surface area (Å²) in [6.45, 7) is 1.96. The zero-order valence-corrected chi connectivity index (χ0v) is 14.1. The molecule has 0 bridgehead atoms. The Morgan fingerprint density at radius 3 is 2.30 bits per heavy atom. The Hall–Kier alpha value is -0.780. The Morgan fingerprint density at radius 2 is 1.65 bits per heavy atom. The standard InChI is InChI=1S/C15H13Br2F2N/c1-8-3-4-11(16)9(5-8)15(20-2)10-6-14(19)12(17)7-13(10)18/h3-7,15,20H,1-2H3. The van der Waals surface area contributed by atoms with Gasteiger partial charge in [0, 0.05) is 10.0 Å². The van der Waals surface area contributed by atoms with E-state index in [1.165, 1.54) is 6.07 Å². The van der Waals surface area contributed by atoms with Gasteiger partial charge in [0.1, 0.15) is 11.6 Å². The van der Waals surface area contributed by atoms with E-state index in [1.807, 2.05) is 25.1 Å². The average molecular weight is 405 g/mol. The number of benzene rings is 2. The summed E-state index contributed by atoms with van der Waals surface area (Å²) in [6.07, 6.45) is 0. The Kier molecular flexibility index (Phi) is 4.94. The molecule has 0 aliphatic carbocycles. The maximum Gasteiger partial charge on any atom is 0.137 e. The SMILES string of the molecule is CNC(c1cc(F)c(Br)cc1F)c1cc(C)ccc1Br. The zero-order chi connectivity index (χ0) is 14.9. The van der Waals surface area contributed by atoms with E-state index in [9.17, 15) is 8.78 Å². The van der Waals surface area contributed by atoms with Crippen molar-refractivity contribution in [2.45, 2.75) is 13.0 Å². The molecule has 0 saturated carbocycles. The molecule has 1 N–H and O–H groups in total. The average Bonchev–Trinajstić information content (AvgIpc) is 2.40. The van der Waals surface area contributed by atoms with Crippen LogP contribution in [0.1, 0.15) is 22.7 Å². The van der Waals surface area contributed by atoms with Gasteiger partial charge in [-0.1, -0.05) is 33.6 Å². The van der Waals surface area contributed by atoms with Gasteiger partial charge in [-0.3, -0.25) is 0 Å². The maximum atomic E-state index is 14.1. The summed E-state index contributed by atoms with van der Waals surface area (Å²) in [6, 6.07) is 7.76. The van der Waals surface area contributed by atoms with Gasteiger partial charge in [0.2, 0.25) is 0 Å². The lowest BCUT2D eigenvalue weighted by atomic mass is 9.97. The van der Waals surface area contributed by atoms with Crippen molar-refractivity contribution in [3.63, 3.8) is 0 Å². The van der Waals surface area contributed by atoms with Crippen molar-refractivity contribution in [1.29, 1.82) is 0 Å². The van der Waals surface area contributed by atoms with Crippen molar-refractivity contribution in [3.05, 3.63) is 67.6 Å². The molecule has 2 rings (SSSR count). The molecule has 20 heavy (non-hydrogen) atoms. The van der Waals surface area contributed by atoms with Crippen molar-refractivity contribution < 1.29 is 8.78 Å². The summed E-state index contributed by atoms with van der Waals surface area (Å²) in [5.41, 5.74) is 2.20. The molecule has 1 atom stereocenters. The lowest BCUT2D eigenvalue weighted by Gasteiger charge is -2.20. The van der Waals surface area contributed by atoms with Gasteiger partial charge in [0.15, 0.2) is 0 Å². The number of aryl methyl sites for hydroxylation is 1. The Morgan fingerprint density at radius 1 is 0.950 bits per heavy atom. The van der Waals surface area contributed by atoms with E-state index in [4.69, 9.17) is 0 Å². The van der Waals surface area contributed by atoms with E-state index in [2.05, 4.69) is 37.2 Å². The minimum atomic E-state index is -0.481. The first-order valence-electron chi connectivity index (χ1n) is 6.01. The van der Waals surface area contributed by atoms with E-state index in [0.29, 0.717) is 0 Å². The fraction of sp³-hybridized carbons (Fsp3) is 0.200. The van der Waals surface area contributed by atoms with Gasteiger partial charge in [0.05, 0.1) is 10.5 Å². The van der Waals surface area contributed by atoms with E-state index in [1.54, 1.807) is 7.05 Å². The minimum absolute atomic E-state index is 0.122. The molecule has 0 amide bonds. The number of nitrogens with one attached hydrogen (secondary N) is 1. The van der Waals surface area contributed by atoms with E-state index >= 15 is 0 Å². The number of rotatable bonds is 3. The highest BCUT2D eigenvalue weighted by atomic mass is 79.9. The van der Waals surface area contributed by atoms with Crippen molar-refractivity contribution >= 4 is 31.9 Å². The number of halogens is 4. The summed E-state index contributed by atoms with van der Waals surface area (Å²) < 4.78 is 28.8. The first kappa shape index (κ1) is 15.6. The number of hydrogen-bond acceptors (Lipinski definition) is 1. The quantitative estimate of drug-likeness (QED) is 0.701. The van der Waals surface area contributed by atoms with Crippen molar-refractivity contribution in [3.8, 4) is 0 Å². The molecular weight excluding hydrogens is 392 g/mol. The first-order valence-corrected chi connectivity index (χ1v) is 7.60. The van der Waals surface area contributed by atoms with Crippen LogP contribution in [0.25, 0.3) is 0 Å². The van der Waals surface area contributed by atoms with E-state index in [-0.39, 0.29) is 10.0 Å². The predicted octanol–water partition coefficient (Wildman–Crippen LogP) is 5.11. The highest BCUT2D eigenvalue weighted by Gasteiger charge is 2.20. The molecule has 0 aromatic heterocycles. The third kappa shape index (κ3) is 3.10. The van der Waals surface area contributed by atoms with Gasteiger partial charge in [-0.15, -0.1) is 0 Å². The third-order valence-electron chi connectivity index (χ3n) is 3.10. The van der Waals surface area contributed by atoms with Gasteiger partial charge in [-0.25, -0.2) is 8.78 Å². The molecule has 0 radical (unpaired) electrons. The molecule has 0 aliphatic heterocycles. The molecule has 2 aromatic rings. The first-order chi connectivity index (χ1) is 9.43. The van der Waals surface area contributed by atoms with Crippen LogP contribution in [0.2, 0.25) is 0 Å². The van der Waals surface area contributed by atoms with Crippen molar-refractivity contribution in [1.82, 2.24) is 5.32 Å². The van der Waals surface area contributed by atoms with Gasteiger partial charge in [-0.2, -0.15) is 0 Å². The predicted molar refractivity (Wildman–Crippen MR) is 83.8 cm³/mol. The fourth-order valence-electron chi connectivity index (χ4n) is 2.12. The van der Waals surface area contributed by atoms with Crippen molar-refractivity contribution in [2.24, 2.45) is 0 Å². The van der Waals surface area contributed by atoms with Crippen LogP contribution in [0.3, 0.4) is 0 Å². The monoisotopic (exact) mass is 403 g/mol. The van der Waals surface area contributed by atoms with Crippen molar-refractivity contribution in [2.75, 3.05) is 7.05 Å². The van der Waals surface area contributed by atoms with E-state index < -0.39 is 17.7 Å². The zero-order valence-electron chi connectivity index (χ0n) is 11.0. The number of hydrogen-bond donors (Lipinski definition) is 1. The summed E-state index contributed by atoms with van der Waals surface area (Å²) in [4.78, 5) is 0. The van der Waals surface area contributed by atoms with Crippen LogP contribution in [0.4, 0.5) is 8.78 Å². The maximum absolute atomic E-state index is 14.1. The van der Waals surface area contributed by atoms with E-state index in [0.717, 1.165) is 21.7 Å². The van der Waals surface area contributed by atoms with Crippen LogP contribution < -0.4 is 5.32 Å². The van der Waals surface area contributed by atoms with Crippen LogP contribution in [0.15, 0.2) is 39.3 Å². The second-order valence-corrected chi connectivity index (χ2v) is 6.24. The van der Waals surface area contributed by atoms with Crippen LogP contribution in [-0.2, 0) is 0 Å². The minimum Gasteiger partial charge on any atom is -0.309 e. The molecule has 2 aromatic carbocycles. The third-order valence-corrected chi connectivity index (χ3v) is 4.43. The van der Waals surface area contributed by atoms with Gasteiger partial charge >= 0.3 is 0 Å². The normalized spacial score (nSPS) is 12.5.